The number of carbonyl (C=O) groups excluding carboxylic acids is 1. The van der Waals surface area contributed by atoms with Crippen LogP contribution in [-0.4, -0.2) is 5.91 Å². The number of aromatic amines is 1. The number of hydrogen-bond donors (Lipinski definition) is 1. The highest BCUT2D eigenvalue weighted by molar-refractivity contribution is 5.91. The van der Waals surface area contributed by atoms with Gasteiger partial charge in [0.05, 0.1) is 0 Å². The molecule has 0 aliphatic rings. The van der Waals surface area contributed by atoms with Crippen molar-refractivity contribution in [3.8, 4) is 0 Å². The van der Waals surface area contributed by atoms with Crippen LogP contribution in [0.1, 0.15) is 22.0 Å². The Bertz CT molecular complexity index is 477. The highest BCUT2D eigenvalue weighted by Crippen LogP contribution is 2.05. The predicted octanol–water partition coefficient (Wildman–Crippen LogP) is 1.33. The lowest BCUT2D eigenvalue weighted by Gasteiger charge is -1.98. The fourth-order valence-electron chi connectivity index (χ4n) is 1.36. The quantitative estimate of drug-likeness (QED) is 0.843. The molecule has 2 rings (SSSR count). The maximum atomic E-state index is 11.6. The number of pyridine rings is 1. The average molecular weight is 217 g/mol. The number of rotatable bonds is 3. The maximum Gasteiger partial charge on any atom is 0.287 e. The fourth-order valence-corrected chi connectivity index (χ4v) is 1.36. The number of aromatic nitrogens is 1. The van der Waals surface area contributed by atoms with Crippen molar-refractivity contribution in [2.75, 3.05) is 0 Å². The second-order valence-corrected chi connectivity index (χ2v) is 3.48. The second-order valence-electron chi connectivity index (χ2n) is 3.48. The molecule has 4 nitrogen and oxygen atoms in total. The van der Waals surface area contributed by atoms with E-state index >= 15 is 0 Å². The molecule has 0 bridgehead atoms. The molecule has 0 fully saturated rings. The summed E-state index contributed by atoms with van der Waals surface area (Å²) < 4.78 is 5.21. The van der Waals surface area contributed by atoms with Crippen LogP contribution in [0.25, 0.3) is 0 Å². The van der Waals surface area contributed by atoms with Crippen molar-refractivity contribution >= 4 is 5.91 Å². The Labute approximate surface area is 93.3 Å². The third-order valence-electron chi connectivity index (χ3n) is 2.18. The van der Waals surface area contributed by atoms with Crippen LogP contribution < -0.4 is 10.3 Å². The minimum absolute atomic E-state index is 0.203. The molecule has 0 aliphatic heterocycles. The lowest BCUT2D eigenvalue weighted by atomic mass is 10.3. The standard InChI is InChI=1S/C12H12N2O2/c1-9-5-6-11(16-9)12(15)14-8-10-4-2-3-7-13-10/h2-7H,8H2,1H3,(H,14,15)/p+1. The van der Waals surface area contributed by atoms with Crippen molar-refractivity contribution in [1.82, 2.24) is 5.32 Å². The zero-order chi connectivity index (χ0) is 11.4. The SMILES string of the molecule is Cc1ccc(C(=O)NCc2cccc[nH+]2)o1. The van der Waals surface area contributed by atoms with E-state index in [0.29, 0.717) is 12.3 Å². The summed E-state index contributed by atoms with van der Waals surface area (Å²) in [6, 6.07) is 9.15. The Morgan fingerprint density at radius 2 is 2.25 bits per heavy atom. The lowest BCUT2D eigenvalue weighted by Crippen LogP contribution is -2.26. The Kier molecular flexibility index (Phi) is 3.00. The molecular formula is C12H13N2O2+. The van der Waals surface area contributed by atoms with Gasteiger partial charge in [-0.25, -0.2) is 4.98 Å². The number of H-pyrrole nitrogens is 1. The molecule has 2 N–H and O–H groups in total. The first-order valence-corrected chi connectivity index (χ1v) is 5.06. The highest BCUT2D eigenvalue weighted by atomic mass is 16.3. The molecule has 2 heterocycles. The van der Waals surface area contributed by atoms with E-state index in [1.54, 1.807) is 12.1 Å². The topological polar surface area (TPSA) is 56.4 Å². The minimum Gasteiger partial charge on any atom is -0.456 e. The number of nitrogens with one attached hydrogen (secondary N) is 2. The number of aryl methyl sites for hydroxylation is 1. The lowest BCUT2D eigenvalue weighted by molar-refractivity contribution is -0.390. The Balaban J connectivity index is 1.94. The van der Waals surface area contributed by atoms with Gasteiger partial charge in [-0.15, -0.1) is 0 Å². The van der Waals surface area contributed by atoms with Crippen molar-refractivity contribution in [3.05, 3.63) is 53.7 Å². The Morgan fingerprint density at radius 3 is 2.88 bits per heavy atom. The van der Waals surface area contributed by atoms with Gasteiger partial charge in [0.2, 0.25) is 0 Å². The summed E-state index contributed by atoms with van der Waals surface area (Å²) in [6.45, 7) is 2.27. The van der Waals surface area contributed by atoms with E-state index in [-0.39, 0.29) is 5.91 Å². The summed E-state index contributed by atoms with van der Waals surface area (Å²) in [7, 11) is 0. The first kappa shape index (κ1) is 10.4. The summed E-state index contributed by atoms with van der Waals surface area (Å²) in [4.78, 5) is 14.6. The van der Waals surface area contributed by atoms with Gasteiger partial charge in [0.1, 0.15) is 12.3 Å². The number of amides is 1. The molecule has 0 saturated heterocycles. The van der Waals surface area contributed by atoms with Crippen LogP contribution >= 0.6 is 0 Å². The van der Waals surface area contributed by atoms with Crippen molar-refractivity contribution < 1.29 is 14.2 Å². The fraction of sp³-hybridized carbons (Fsp3) is 0.167. The molecule has 2 aromatic rings. The van der Waals surface area contributed by atoms with Gasteiger partial charge in [-0.3, -0.25) is 4.79 Å². The van der Waals surface area contributed by atoms with Gasteiger partial charge in [0.25, 0.3) is 5.91 Å². The summed E-state index contributed by atoms with van der Waals surface area (Å²) in [5, 5.41) is 2.76. The molecule has 0 aromatic carbocycles. The summed E-state index contributed by atoms with van der Waals surface area (Å²) in [6.07, 6.45) is 1.82. The number of hydrogen-bond acceptors (Lipinski definition) is 2. The van der Waals surface area contributed by atoms with Crippen LogP contribution in [0.3, 0.4) is 0 Å². The van der Waals surface area contributed by atoms with Crippen LogP contribution in [0.2, 0.25) is 0 Å². The van der Waals surface area contributed by atoms with Crippen molar-refractivity contribution in [2.45, 2.75) is 13.5 Å². The first-order chi connectivity index (χ1) is 7.75. The van der Waals surface area contributed by atoms with Crippen LogP contribution in [0.4, 0.5) is 0 Å². The van der Waals surface area contributed by atoms with E-state index in [9.17, 15) is 4.79 Å². The van der Waals surface area contributed by atoms with Crippen LogP contribution in [0.5, 0.6) is 0 Å². The Hall–Kier alpha value is -2.10. The monoisotopic (exact) mass is 217 g/mol. The summed E-state index contributed by atoms with van der Waals surface area (Å²) >= 11 is 0. The molecule has 0 unspecified atom stereocenters. The minimum atomic E-state index is -0.203. The molecule has 16 heavy (non-hydrogen) atoms. The van der Waals surface area contributed by atoms with E-state index in [0.717, 1.165) is 11.5 Å². The first-order valence-electron chi connectivity index (χ1n) is 5.06. The van der Waals surface area contributed by atoms with Gasteiger partial charge in [-0.1, -0.05) is 6.07 Å². The third kappa shape index (κ3) is 2.48. The molecule has 0 saturated carbocycles. The zero-order valence-corrected chi connectivity index (χ0v) is 8.99. The van der Waals surface area contributed by atoms with Gasteiger partial charge < -0.3 is 9.73 Å². The average Bonchev–Trinajstić information content (AvgIpc) is 2.74. The van der Waals surface area contributed by atoms with Gasteiger partial charge in [0.15, 0.2) is 17.7 Å². The smallest absolute Gasteiger partial charge is 0.287 e. The third-order valence-corrected chi connectivity index (χ3v) is 2.18. The molecule has 0 aliphatic carbocycles. The molecule has 0 radical (unpaired) electrons. The van der Waals surface area contributed by atoms with Crippen molar-refractivity contribution in [2.24, 2.45) is 0 Å². The van der Waals surface area contributed by atoms with Crippen molar-refractivity contribution in [1.29, 1.82) is 0 Å². The predicted molar refractivity (Wildman–Crippen MR) is 57.6 cm³/mol. The maximum absolute atomic E-state index is 11.6. The van der Waals surface area contributed by atoms with E-state index in [1.807, 2.05) is 31.3 Å². The molecule has 0 spiro atoms. The largest absolute Gasteiger partial charge is 0.456 e. The van der Waals surface area contributed by atoms with E-state index in [2.05, 4.69) is 10.3 Å². The summed E-state index contributed by atoms with van der Waals surface area (Å²) in [5.74, 6) is 0.871. The van der Waals surface area contributed by atoms with Gasteiger partial charge in [-0.2, -0.15) is 0 Å². The normalized spacial score (nSPS) is 10.1. The Morgan fingerprint density at radius 1 is 1.38 bits per heavy atom. The zero-order valence-electron chi connectivity index (χ0n) is 8.99. The second kappa shape index (κ2) is 4.61. The van der Waals surface area contributed by atoms with Crippen LogP contribution in [-0.2, 0) is 6.54 Å². The number of carbonyl (C=O) groups is 1. The molecule has 2 aromatic heterocycles. The number of furan rings is 1. The molecule has 82 valence electrons. The molecular weight excluding hydrogens is 204 g/mol. The molecule has 4 heteroatoms. The highest BCUT2D eigenvalue weighted by Gasteiger charge is 2.10. The van der Waals surface area contributed by atoms with E-state index in [4.69, 9.17) is 4.42 Å². The van der Waals surface area contributed by atoms with Gasteiger partial charge in [-0.05, 0) is 19.1 Å². The summed E-state index contributed by atoms with van der Waals surface area (Å²) in [5.41, 5.74) is 0.944. The molecule has 1 amide bonds. The van der Waals surface area contributed by atoms with Crippen LogP contribution in [0, 0.1) is 6.92 Å². The van der Waals surface area contributed by atoms with E-state index < -0.39 is 0 Å². The van der Waals surface area contributed by atoms with E-state index in [1.165, 1.54) is 0 Å². The van der Waals surface area contributed by atoms with Gasteiger partial charge in [0, 0.05) is 12.1 Å². The van der Waals surface area contributed by atoms with Gasteiger partial charge >= 0.3 is 0 Å². The molecule has 0 atom stereocenters. The van der Waals surface area contributed by atoms with Crippen molar-refractivity contribution in [3.63, 3.8) is 0 Å². The van der Waals surface area contributed by atoms with Crippen LogP contribution in [0.15, 0.2) is 40.9 Å².